The maximum Gasteiger partial charge on any atom is 0.0561 e. The maximum absolute atomic E-state index is 6.30. The molecule has 0 aliphatic carbocycles. The van der Waals surface area contributed by atoms with Crippen LogP contribution in [-0.2, 0) is 12.8 Å². The minimum atomic E-state index is 0.315. The van der Waals surface area contributed by atoms with Crippen molar-refractivity contribution in [2.24, 2.45) is 0 Å². The lowest BCUT2D eigenvalue weighted by Gasteiger charge is -2.18. The molecular weight excluding hydrogens is 286 g/mol. The highest BCUT2D eigenvalue weighted by Gasteiger charge is 2.16. The van der Waals surface area contributed by atoms with Crippen LogP contribution in [0.3, 0.4) is 0 Å². The van der Waals surface area contributed by atoms with Crippen LogP contribution in [0.15, 0.2) is 35.7 Å². The fourth-order valence-corrected chi connectivity index (χ4v) is 3.54. The van der Waals surface area contributed by atoms with Gasteiger partial charge in [0.15, 0.2) is 0 Å². The highest BCUT2D eigenvalue weighted by atomic mass is 35.5. The van der Waals surface area contributed by atoms with Crippen molar-refractivity contribution in [3.63, 3.8) is 0 Å². The largest absolute Gasteiger partial charge is 0.309 e. The van der Waals surface area contributed by atoms with Crippen molar-refractivity contribution in [3.8, 4) is 0 Å². The van der Waals surface area contributed by atoms with Crippen LogP contribution >= 0.6 is 22.9 Å². The molecule has 1 atom stereocenters. The first-order valence-corrected chi connectivity index (χ1v) is 8.54. The Bertz CT molecular complexity index is 518. The predicted molar refractivity (Wildman–Crippen MR) is 89.9 cm³/mol. The molecule has 0 aliphatic rings. The van der Waals surface area contributed by atoms with Gasteiger partial charge in [0, 0.05) is 10.9 Å². The van der Waals surface area contributed by atoms with Gasteiger partial charge < -0.3 is 5.32 Å². The number of rotatable bonds is 7. The Morgan fingerprint density at radius 3 is 2.35 bits per heavy atom. The second-order valence-electron chi connectivity index (χ2n) is 5.01. The van der Waals surface area contributed by atoms with E-state index in [1.807, 2.05) is 6.07 Å². The van der Waals surface area contributed by atoms with Gasteiger partial charge in [-0.3, -0.25) is 0 Å². The predicted octanol–water partition coefficient (Wildman–Crippen LogP) is 5.25. The second kappa shape index (κ2) is 7.82. The van der Waals surface area contributed by atoms with E-state index in [1.165, 1.54) is 16.0 Å². The van der Waals surface area contributed by atoms with E-state index >= 15 is 0 Å². The lowest BCUT2D eigenvalue weighted by atomic mass is 10.0. The fourth-order valence-electron chi connectivity index (χ4n) is 2.28. The van der Waals surface area contributed by atoms with Crippen molar-refractivity contribution in [1.29, 1.82) is 0 Å². The van der Waals surface area contributed by atoms with Gasteiger partial charge in [0.1, 0.15) is 0 Å². The van der Waals surface area contributed by atoms with Gasteiger partial charge in [-0.1, -0.05) is 49.7 Å². The van der Waals surface area contributed by atoms with Crippen molar-refractivity contribution in [1.82, 2.24) is 5.32 Å². The van der Waals surface area contributed by atoms with Gasteiger partial charge in [0.25, 0.3) is 0 Å². The van der Waals surface area contributed by atoms with E-state index in [1.54, 1.807) is 11.3 Å². The SMILES string of the molecule is CCCNC(Cc1ccc(CC)cc1)c1sccc1Cl. The topological polar surface area (TPSA) is 12.0 Å². The molecular formula is C17H22ClNS. The summed E-state index contributed by atoms with van der Waals surface area (Å²) in [4.78, 5) is 1.25. The van der Waals surface area contributed by atoms with Crippen LogP contribution in [0.25, 0.3) is 0 Å². The summed E-state index contributed by atoms with van der Waals surface area (Å²) in [6.07, 6.45) is 3.22. The van der Waals surface area contributed by atoms with Crippen molar-refractivity contribution in [3.05, 3.63) is 56.7 Å². The Morgan fingerprint density at radius 1 is 1.10 bits per heavy atom. The van der Waals surface area contributed by atoms with Crippen molar-refractivity contribution >= 4 is 22.9 Å². The monoisotopic (exact) mass is 307 g/mol. The molecule has 1 nitrogen and oxygen atoms in total. The molecule has 0 saturated carbocycles. The summed E-state index contributed by atoms with van der Waals surface area (Å²) in [6, 6.07) is 11.2. The van der Waals surface area contributed by atoms with Gasteiger partial charge in [-0.15, -0.1) is 11.3 Å². The molecule has 1 aromatic carbocycles. The molecule has 0 radical (unpaired) electrons. The van der Waals surface area contributed by atoms with E-state index in [-0.39, 0.29) is 0 Å². The van der Waals surface area contributed by atoms with E-state index in [0.29, 0.717) is 6.04 Å². The summed E-state index contributed by atoms with van der Waals surface area (Å²) in [7, 11) is 0. The summed E-state index contributed by atoms with van der Waals surface area (Å²) in [5, 5.41) is 6.57. The quantitative estimate of drug-likeness (QED) is 0.737. The molecule has 2 aromatic rings. The Morgan fingerprint density at radius 2 is 1.80 bits per heavy atom. The molecule has 0 saturated heterocycles. The lowest BCUT2D eigenvalue weighted by Crippen LogP contribution is -2.23. The summed E-state index contributed by atoms with van der Waals surface area (Å²) < 4.78 is 0. The van der Waals surface area contributed by atoms with Crippen LogP contribution < -0.4 is 5.32 Å². The molecule has 0 aliphatic heterocycles. The Hall–Kier alpha value is -0.830. The standard InChI is InChI=1S/C17H22ClNS/c1-3-10-19-16(17-15(18)9-11-20-17)12-14-7-5-13(4-2)6-8-14/h5-9,11,16,19H,3-4,10,12H2,1-2H3. The van der Waals surface area contributed by atoms with Gasteiger partial charge in [-0.2, -0.15) is 0 Å². The minimum absolute atomic E-state index is 0.315. The average Bonchev–Trinajstić information content (AvgIpc) is 2.90. The molecule has 3 heteroatoms. The first kappa shape index (κ1) is 15.6. The third kappa shape index (κ3) is 4.08. The van der Waals surface area contributed by atoms with E-state index in [0.717, 1.165) is 30.8 Å². The number of thiophene rings is 1. The van der Waals surface area contributed by atoms with Gasteiger partial charge >= 0.3 is 0 Å². The zero-order valence-corrected chi connectivity index (χ0v) is 13.7. The van der Waals surface area contributed by atoms with E-state index < -0.39 is 0 Å². The molecule has 0 amide bonds. The summed E-state index contributed by atoms with van der Waals surface area (Å²) in [5.41, 5.74) is 2.75. The highest BCUT2D eigenvalue weighted by molar-refractivity contribution is 7.10. The van der Waals surface area contributed by atoms with Crippen LogP contribution in [0.2, 0.25) is 5.02 Å². The van der Waals surface area contributed by atoms with Crippen LogP contribution in [0.1, 0.15) is 42.3 Å². The van der Waals surface area contributed by atoms with Gasteiger partial charge in [0.2, 0.25) is 0 Å². The number of halogens is 1. The molecule has 1 unspecified atom stereocenters. The number of aryl methyl sites for hydroxylation is 1. The average molecular weight is 308 g/mol. The van der Waals surface area contributed by atoms with Crippen LogP contribution in [0.5, 0.6) is 0 Å². The van der Waals surface area contributed by atoms with E-state index in [9.17, 15) is 0 Å². The lowest BCUT2D eigenvalue weighted by molar-refractivity contribution is 0.536. The number of nitrogens with one attached hydrogen (secondary N) is 1. The van der Waals surface area contributed by atoms with E-state index in [4.69, 9.17) is 11.6 Å². The maximum atomic E-state index is 6.30. The molecule has 1 aromatic heterocycles. The molecule has 2 rings (SSSR count). The molecule has 0 bridgehead atoms. The van der Waals surface area contributed by atoms with Gasteiger partial charge in [-0.05, 0) is 48.4 Å². The molecule has 1 heterocycles. The van der Waals surface area contributed by atoms with Crippen molar-refractivity contribution in [2.75, 3.05) is 6.54 Å². The fraction of sp³-hybridized carbons (Fsp3) is 0.412. The number of hydrogen-bond acceptors (Lipinski definition) is 2. The second-order valence-corrected chi connectivity index (χ2v) is 6.37. The Balaban J connectivity index is 2.12. The smallest absolute Gasteiger partial charge is 0.0561 e. The molecule has 0 spiro atoms. The molecule has 1 N–H and O–H groups in total. The van der Waals surface area contributed by atoms with Crippen molar-refractivity contribution < 1.29 is 0 Å². The number of hydrogen-bond donors (Lipinski definition) is 1. The first-order chi connectivity index (χ1) is 9.74. The first-order valence-electron chi connectivity index (χ1n) is 7.28. The Kier molecular flexibility index (Phi) is 6.08. The molecule has 108 valence electrons. The number of benzene rings is 1. The van der Waals surface area contributed by atoms with Crippen LogP contribution in [0.4, 0.5) is 0 Å². The summed E-state index contributed by atoms with van der Waals surface area (Å²) >= 11 is 8.04. The molecule has 0 fully saturated rings. The van der Waals surface area contributed by atoms with Crippen LogP contribution in [0, 0.1) is 0 Å². The van der Waals surface area contributed by atoms with Gasteiger partial charge in [0.05, 0.1) is 5.02 Å². The summed E-state index contributed by atoms with van der Waals surface area (Å²) in [6.45, 7) is 5.40. The zero-order valence-electron chi connectivity index (χ0n) is 12.2. The van der Waals surface area contributed by atoms with Gasteiger partial charge in [-0.25, -0.2) is 0 Å². The van der Waals surface area contributed by atoms with Crippen LogP contribution in [-0.4, -0.2) is 6.54 Å². The molecule has 20 heavy (non-hydrogen) atoms. The highest BCUT2D eigenvalue weighted by Crippen LogP contribution is 2.30. The Labute approximate surface area is 131 Å². The summed E-state index contributed by atoms with van der Waals surface area (Å²) in [5.74, 6) is 0. The minimum Gasteiger partial charge on any atom is -0.309 e. The third-order valence-corrected chi connectivity index (χ3v) is 4.95. The van der Waals surface area contributed by atoms with E-state index in [2.05, 4.69) is 48.8 Å². The van der Waals surface area contributed by atoms with Crippen molar-refractivity contribution in [2.45, 2.75) is 39.2 Å². The third-order valence-electron chi connectivity index (χ3n) is 3.47. The zero-order chi connectivity index (χ0) is 14.4. The normalized spacial score (nSPS) is 12.6.